The van der Waals surface area contributed by atoms with Crippen LogP contribution in [0.5, 0.6) is 0 Å². The predicted molar refractivity (Wildman–Crippen MR) is 101 cm³/mol. The average molecular weight is 498 g/mol. The fourth-order valence-corrected chi connectivity index (χ4v) is 3.45. The van der Waals surface area contributed by atoms with Gasteiger partial charge in [0, 0.05) is 11.1 Å². The molecule has 0 aliphatic heterocycles. The van der Waals surface area contributed by atoms with Gasteiger partial charge in [0.2, 0.25) is 0 Å². The molecule has 3 N–H and O–H groups in total. The van der Waals surface area contributed by atoms with Crippen molar-refractivity contribution in [3.05, 3.63) is 34.9 Å². The van der Waals surface area contributed by atoms with Gasteiger partial charge in [0.25, 0.3) is 11.4 Å². The van der Waals surface area contributed by atoms with Crippen LogP contribution in [0.3, 0.4) is 0 Å². The summed E-state index contributed by atoms with van der Waals surface area (Å²) >= 11 is 0. The molecule has 0 spiro atoms. The van der Waals surface area contributed by atoms with E-state index in [1.54, 1.807) is 41.5 Å². The third kappa shape index (κ3) is 5.94. The summed E-state index contributed by atoms with van der Waals surface area (Å²) in [6, 6.07) is 0.485. The Kier molecular flexibility index (Phi) is 7.42. The summed E-state index contributed by atoms with van der Waals surface area (Å²) in [5.74, 6) is -5.70. The zero-order chi connectivity index (χ0) is 26.6. The molecule has 0 saturated heterocycles. The highest BCUT2D eigenvalue weighted by molar-refractivity contribution is 5.40. The standard InChI is InChI=1S/C21H27F9O3/c1-15(2,3)10-14(16(4,5)6)11-7-12(17(31,19(22,23)24)20(25,26)27)9-13(8-11)18(32,33)21(28,29)30/h7-9,14,31-33H,10H2,1-6H3. The van der Waals surface area contributed by atoms with E-state index in [2.05, 4.69) is 0 Å². The number of benzene rings is 1. The molecule has 0 aromatic heterocycles. The highest BCUT2D eigenvalue weighted by atomic mass is 19.4. The maximum atomic E-state index is 13.5. The molecule has 192 valence electrons. The fraction of sp³-hybridized carbons (Fsp3) is 0.714. The van der Waals surface area contributed by atoms with Crippen LogP contribution in [0.25, 0.3) is 0 Å². The number of hydrogen-bond acceptors (Lipinski definition) is 3. The molecule has 1 aromatic carbocycles. The minimum atomic E-state index is -6.38. The quantitative estimate of drug-likeness (QED) is 0.339. The lowest BCUT2D eigenvalue weighted by Crippen LogP contribution is -2.54. The SMILES string of the molecule is CC(C)(C)CC(c1cc(C(O)(O)C(F)(F)F)cc(C(O)(C(F)(F)F)C(F)(F)F)c1)C(C)(C)C. The van der Waals surface area contributed by atoms with Crippen molar-refractivity contribution in [2.75, 3.05) is 0 Å². The average Bonchev–Trinajstić information content (AvgIpc) is 2.53. The van der Waals surface area contributed by atoms with Gasteiger partial charge in [-0.1, -0.05) is 47.6 Å². The zero-order valence-electron chi connectivity index (χ0n) is 18.8. The molecule has 33 heavy (non-hydrogen) atoms. The molecule has 3 nitrogen and oxygen atoms in total. The molecule has 1 unspecified atom stereocenters. The third-order valence-corrected chi connectivity index (χ3v) is 5.26. The first-order valence-electron chi connectivity index (χ1n) is 9.69. The Hall–Kier alpha value is -1.53. The lowest BCUT2D eigenvalue weighted by molar-refractivity contribution is -0.376. The Morgan fingerprint density at radius 1 is 0.636 bits per heavy atom. The van der Waals surface area contributed by atoms with Gasteiger partial charge in [-0.25, -0.2) is 0 Å². The van der Waals surface area contributed by atoms with Crippen LogP contribution in [0.1, 0.15) is 70.6 Å². The van der Waals surface area contributed by atoms with Crippen molar-refractivity contribution in [1.29, 1.82) is 0 Å². The van der Waals surface area contributed by atoms with E-state index >= 15 is 0 Å². The minimum Gasteiger partial charge on any atom is -0.369 e. The molecular formula is C21H27F9O3. The molecule has 0 amide bonds. The smallest absolute Gasteiger partial charge is 0.369 e. The van der Waals surface area contributed by atoms with Crippen molar-refractivity contribution in [2.24, 2.45) is 10.8 Å². The highest BCUT2D eigenvalue weighted by Gasteiger charge is 2.71. The maximum absolute atomic E-state index is 13.5. The number of hydrogen-bond donors (Lipinski definition) is 3. The summed E-state index contributed by atoms with van der Waals surface area (Å²) in [6.07, 6.45) is -18.5. The van der Waals surface area contributed by atoms with Gasteiger partial charge >= 0.3 is 18.5 Å². The number of alkyl halides is 9. The van der Waals surface area contributed by atoms with E-state index in [9.17, 15) is 54.8 Å². The summed E-state index contributed by atoms with van der Waals surface area (Å²) in [4.78, 5) is 0. The van der Waals surface area contributed by atoms with E-state index in [0.717, 1.165) is 0 Å². The molecule has 0 aliphatic rings. The Morgan fingerprint density at radius 3 is 1.33 bits per heavy atom. The first-order chi connectivity index (χ1) is 14.2. The van der Waals surface area contributed by atoms with E-state index in [1.807, 2.05) is 0 Å². The number of halogens is 9. The van der Waals surface area contributed by atoms with Crippen molar-refractivity contribution >= 4 is 0 Å². The lowest BCUT2D eigenvalue weighted by Gasteiger charge is -2.39. The normalized spacial score (nSPS) is 16.2. The molecular weight excluding hydrogens is 471 g/mol. The topological polar surface area (TPSA) is 60.7 Å². The summed E-state index contributed by atoms with van der Waals surface area (Å²) < 4.78 is 121. The van der Waals surface area contributed by atoms with Crippen LogP contribution < -0.4 is 0 Å². The highest BCUT2D eigenvalue weighted by Crippen LogP contribution is 2.53. The molecule has 0 bridgehead atoms. The van der Waals surface area contributed by atoms with Gasteiger partial charge in [0.15, 0.2) is 0 Å². The van der Waals surface area contributed by atoms with E-state index in [1.165, 1.54) is 0 Å². The monoisotopic (exact) mass is 498 g/mol. The summed E-state index contributed by atoms with van der Waals surface area (Å²) in [5, 5.41) is 29.1. The Balaban J connectivity index is 4.14. The van der Waals surface area contributed by atoms with E-state index in [0.29, 0.717) is 12.1 Å². The van der Waals surface area contributed by atoms with Crippen LogP contribution in [-0.2, 0) is 11.4 Å². The second-order valence-corrected chi connectivity index (χ2v) is 10.4. The van der Waals surface area contributed by atoms with Gasteiger partial charge in [-0.15, -0.1) is 0 Å². The van der Waals surface area contributed by atoms with E-state index in [4.69, 9.17) is 0 Å². The van der Waals surface area contributed by atoms with E-state index in [-0.39, 0.29) is 12.5 Å². The van der Waals surface area contributed by atoms with Gasteiger partial charge in [-0.05, 0) is 40.9 Å². The summed E-state index contributed by atoms with van der Waals surface area (Å²) in [6.45, 7) is 9.84. The maximum Gasteiger partial charge on any atom is 0.447 e. The molecule has 1 aromatic rings. The predicted octanol–water partition coefficient (Wildman–Crippen LogP) is 6.26. The van der Waals surface area contributed by atoms with E-state index < -0.39 is 63.4 Å². The Labute approximate surface area is 185 Å². The lowest BCUT2D eigenvalue weighted by atomic mass is 9.68. The molecule has 0 fully saturated rings. The van der Waals surface area contributed by atoms with Crippen molar-refractivity contribution < 1.29 is 54.8 Å². The number of rotatable bonds is 4. The van der Waals surface area contributed by atoms with Crippen molar-refractivity contribution in [1.82, 2.24) is 0 Å². The largest absolute Gasteiger partial charge is 0.447 e. The Morgan fingerprint density at radius 2 is 1.03 bits per heavy atom. The van der Waals surface area contributed by atoms with Crippen molar-refractivity contribution in [3.8, 4) is 0 Å². The van der Waals surface area contributed by atoms with Crippen molar-refractivity contribution in [2.45, 2.75) is 83.8 Å². The fourth-order valence-electron chi connectivity index (χ4n) is 3.45. The van der Waals surface area contributed by atoms with Gasteiger partial charge in [-0.3, -0.25) is 0 Å². The van der Waals surface area contributed by atoms with Crippen LogP contribution in [-0.4, -0.2) is 33.8 Å². The minimum absolute atomic E-state index is 0.103. The number of aliphatic hydroxyl groups is 3. The van der Waals surface area contributed by atoms with Crippen LogP contribution in [0, 0.1) is 10.8 Å². The van der Waals surface area contributed by atoms with Gasteiger partial charge < -0.3 is 15.3 Å². The molecule has 0 heterocycles. The summed E-state index contributed by atoms with van der Waals surface area (Å²) in [5.41, 5.74) is -11.2. The molecule has 0 radical (unpaired) electrons. The first-order valence-corrected chi connectivity index (χ1v) is 9.69. The summed E-state index contributed by atoms with van der Waals surface area (Å²) in [7, 11) is 0. The molecule has 12 heteroatoms. The zero-order valence-corrected chi connectivity index (χ0v) is 18.8. The second kappa shape index (κ2) is 8.30. The molecule has 0 saturated carbocycles. The molecule has 0 aliphatic carbocycles. The van der Waals surface area contributed by atoms with Crippen molar-refractivity contribution in [3.63, 3.8) is 0 Å². The third-order valence-electron chi connectivity index (χ3n) is 5.26. The Bertz CT molecular complexity index is 825. The second-order valence-electron chi connectivity index (χ2n) is 10.4. The molecule has 1 rings (SSSR count). The molecule has 1 atom stereocenters. The van der Waals surface area contributed by atoms with Crippen LogP contribution in [0.15, 0.2) is 18.2 Å². The van der Waals surface area contributed by atoms with Crippen LogP contribution >= 0.6 is 0 Å². The van der Waals surface area contributed by atoms with Gasteiger partial charge in [0.1, 0.15) is 0 Å². The van der Waals surface area contributed by atoms with Gasteiger partial charge in [0.05, 0.1) is 0 Å². The van der Waals surface area contributed by atoms with Crippen LogP contribution in [0.4, 0.5) is 39.5 Å². The van der Waals surface area contributed by atoms with Crippen LogP contribution in [0.2, 0.25) is 0 Å². The van der Waals surface area contributed by atoms with Gasteiger partial charge in [-0.2, -0.15) is 39.5 Å². The first kappa shape index (κ1) is 29.5.